The maximum Gasteiger partial charge on any atom is 0.337 e. The van der Waals surface area contributed by atoms with E-state index in [-0.39, 0.29) is 17.0 Å². The van der Waals surface area contributed by atoms with Gasteiger partial charge in [0, 0.05) is 22.9 Å². The average molecular weight is 424 g/mol. The van der Waals surface area contributed by atoms with E-state index >= 15 is 0 Å². The predicted octanol–water partition coefficient (Wildman–Crippen LogP) is 5.51. The van der Waals surface area contributed by atoms with Gasteiger partial charge in [-0.05, 0) is 49.7 Å². The molecule has 0 spiro atoms. The van der Waals surface area contributed by atoms with Gasteiger partial charge in [0.1, 0.15) is 11.3 Å². The third-order valence-corrected chi connectivity index (χ3v) is 5.27. The molecule has 0 saturated heterocycles. The molecule has 1 aromatic heterocycles. The molecule has 158 valence electrons. The molecule has 1 heterocycles. The van der Waals surface area contributed by atoms with Crippen LogP contribution in [0.25, 0.3) is 22.3 Å². The van der Waals surface area contributed by atoms with Crippen LogP contribution >= 0.6 is 0 Å². The van der Waals surface area contributed by atoms with Crippen LogP contribution in [0.15, 0.2) is 75.9 Å². The molecule has 32 heavy (non-hydrogen) atoms. The highest BCUT2D eigenvalue weighted by molar-refractivity contribution is 5.94. The van der Waals surface area contributed by atoms with Crippen molar-refractivity contribution in [3.63, 3.8) is 0 Å². The summed E-state index contributed by atoms with van der Waals surface area (Å²) >= 11 is 0. The highest BCUT2D eigenvalue weighted by Crippen LogP contribution is 2.31. The van der Waals surface area contributed by atoms with Crippen molar-refractivity contribution in [1.29, 1.82) is 5.26 Å². The summed E-state index contributed by atoms with van der Waals surface area (Å²) in [5, 5.41) is 22.4. The normalized spacial score (nSPS) is 11.7. The molecule has 0 saturated carbocycles. The zero-order valence-electron chi connectivity index (χ0n) is 17.5. The summed E-state index contributed by atoms with van der Waals surface area (Å²) in [4.78, 5) is 24.5. The molecule has 1 atom stereocenters. The molecule has 3 aromatic carbocycles. The Kier molecular flexibility index (Phi) is 5.48. The van der Waals surface area contributed by atoms with E-state index in [1.54, 1.807) is 48.5 Å². The number of anilines is 1. The fraction of sp³-hybridized carbons (Fsp3) is 0.115. The number of carbonyl (C=O) groups is 1. The van der Waals surface area contributed by atoms with E-state index in [9.17, 15) is 20.0 Å². The van der Waals surface area contributed by atoms with E-state index in [4.69, 9.17) is 4.42 Å². The first kappa shape index (κ1) is 20.9. The Morgan fingerprint density at radius 1 is 1.09 bits per heavy atom. The van der Waals surface area contributed by atoms with Crippen molar-refractivity contribution in [3.8, 4) is 17.4 Å². The van der Waals surface area contributed by atoms with Gasteiger partial charge in [0.05, 0.1) is 28.6 Å². The Labute approximate surface area is 184 Å². The Balaban J connectivity index is 1.86. The van der Waals surface area contributed by atoms with Gasteiger partial charge in [0.2, 0.25) is 0 Å². The smallest absolute Gasteiger partial charge is 0.337 e. The first-order chi connectivity index (χ1) is 15.4. The summed E-state index contributed by atoms with van der Waals surface area (Å²) in [5.41, 5.74) is 3.59. The number of carboxylic acids is 1. The van der Waals surface area contributed by atoms with Gasteiger partial charge in [-0.1, -0.05) is 30.3 Å². The minimum Gasteiger partial charge on any atom is -0.478 e. The monoisotopic (exact) mass is 424 g/mol. The first-order valence-corrected chi connectivity index (χ1v) is 10.0. The second-order valence-electron chi connectivity index (χ2n) is 7.62. The fourth-order valence-corrected chi connectivity index (χ4v) is 3.75. The van der Waals surface area contributed by atoms with Crippen molar-refractivity contribution in [1.82, 2.24) is 0 Å². The predicted molar refractivity (Wildman–Crippen MR) is 123 cm³/mol. The summed E-state index contributed by atoms with van der Waals surface area (Å²) in [7, 11) is 0. The fourth-order valence-electron chi connectivity index (χ4n) is 3.75. The second kappa shape index (κ2) is 8.40. The zero-order valence-corrected chi connectivity index (χ0v) is 17.5. The summed E-state index contributed by atoms with van der Waals surface area (Å²) < 4.78 is 6.19. The van der Waals surface area contributed by atoms with Crippen LogP contribution in [0, 0.1) is 18.3 Å². The van der Waals surface area contributed by atoms with Gasteiger partial charge >= 0.3 is 5.97 Å². The summed E-state index contributed by atoms with van der Waals surface area (Å²) in [6.45, 7) is 3.78. The molecule has 6 heteroatoms. The highest BCUT2D eigenvalue weighted by Gasteiger charge is 2.18. The molecule has 0 unspecified atom stereocenters. The maximum atomic E-state index is 12.9. The number of nitrogens with one attached hydrogen (secondary N) is 1. The number of nitrogens with zero attached hydrogens (tertiary/aromatic N) is 1. The Morgan fingerprint density at radius 2 is 1.88 bits per heavy atom. The molecule has 2 N–H and O–H groups in total. The number of para-hydroxylation sites is 1. The van der Waals surface area contributed by atoms with Crippen molar-refractivity contribution < 1.29 is 14.3 Å². The van der Waals surface area contributed by atoms with Gasteiger partial charge < -0.3 is 14.8 Å². The second-order valence-corrected chi connectivity index (χ2v) is 7.62. The third kappa shape index (κ3) is 3.96. The molecular formula is C26H20N2O4. The molecule has 4 aromatic rings. The van der Waals surface area contributed by atoms with Crippen LogP contribution in [0.4, 0.5) is 5.69 Å². The van der Waals surface area contributed by atoms with Gasteiger partial charge in [-0.3, -0.25) is 4.79 Å². The Morgan fingerprint density at radius 3 is 2.62 bits per heavy atom. The number of carboxylic acid groups (broad SMARTS) is 1. The Hall–Kier alpha value is -4.37. The van der Waals surface area contributed by atoms with Crippen LogP contribution in [0.2, 0.25) is 0 Å². The van der Waals surface area contributed by atoms with Crippen molar-refractivity contribution in [2.45, 2.75) is 19.9 Å². The molecule has 0 bridgehead atoms. The number of benzene rings is 3. The lowest BCUT2D eigenvalue weighted by atomic mass is 10.00. The molecule has 0 aliphatic carbocycles. The van der Waals surface area contributed by atoms with Crippen molar-refractivity contribution in [3.05, 3.63) is 99.2 Å². The molecule has 0 amide bonds. The van der Waals surface area contributed by atoms with Crippen LogP contribution in [-0.2, 0) is 0 Å². The van der Waals surface area contributed by atoms with Crippen LogP contribution in [-0.4, -0.2) is 11.1 Å². The summed E-state index contributed by atoms with van der Waals surface area (Å²) in [6, 6.07) is 20.4. The highest BCUT2D eigenvalue weighted by atomic mass is 16.4. The Bertz CT molecular complexity index is 1450. The molecule has 0 aliphatic heterocycles. The number of fused-ring (bicyclic) bond motifs is 1. The lowest BCUT2D eigenvalue weighted by Gasteiger charge is -2.19. The van der Waals surface area contributed by atoms with Crippen molar-refractivity contribution in [2.75, 3.05) is 5.32 Å². The molecular weight excluding hydrogens is 404 g/mol. The van der Waals surface area contributed by atoms with Crippen LogP contribution in [0.3, 0.4) is 0 Å². The first-order valence-electron chi connectivity index (χ1n) is 10.0. The third-order valence-electron chi connectivity index (χ3n) is 5.27. The zero-order chi connectivity index (χ0) is 22.8. The standard InChI is InChI=1S/C26H20N2O4/c1-15-10-20(16(2)28-22-9-4-3-8-19(22)26(30)31)25-21(11-15)23(29)13-24(32-25)18-7-5-6-17(12-18)14-27/h3-13,16,28H,1-2H3,(H,30,31)/t16-/m1/s1. The van der Waals surface area contributed by atoms with E-state index in [2.05, 4.69) is 11.4 Å². The van der Waals surface area contributed by atoms with Crippen LogP contribution < -0.4 is 10.7 Å². The average Bonchev–Trinajstić information content (AvgIpc) is 2.79. The number of hydrogen-bond donors (Lipinski definition) is 2. The van der Waals surface area contributed by atoms with Gasteiger partial charge in [-0.2, -0.15) is 5.26 Å². The minimum absolute atomic E-state index is 0.159. The van der Waals surface area contributed by atoms with Gasteiger partial charge in [0.25, 0.3) is 0 Å². The summed E-state index contributed by atoms with van der Waals surface area (Å²) in [6.07, 6.45) is 0. The van der Waals surface area contributed by atoms with E-state index in [0.717, 1.165) is 11.1 Å². The maximum absolute atomic E-state index is 12.9. The number of rotatable bonds is 5. The van der Waals surface area contributed by atoms with Gasteiger partial charge in [-0.15, -0.1) is 0 Å². The molecule has 6 nitrogen and oxygen atoms in total. The topological polar surface area (TPSA) is 103 Å². The van der Waals surface area contributed by atoms with Crippen LogP contribution in [0.1, 0.15) is 40.0 Å². The number of aryl methyl sites for hydroxylation is 1. The van der Waals surface area contributed by atoms with E-state index in [0.29, 0.717) is 33.5 Å². The van der Waals surface area contributed by atoms with E-state index in [1.807, 2.05) is 19.9 Å². The van der Waals surface area contributed by atoms with Gasteiger partial charge in [0.15, 0.2) is 5.43 Å². The number of aromatic carboxylic acids is 1. The quantitative estimate of drug-likeness (QED) is 0.438. The lowest BCUT2D eigenvalue weighted by Crippen LogP contribution is -2.12. The van der Waals surface area contributed by atoms with Crippen molar-refractivity contribution in [2.24, 2.45) is 0 Å². The SMILES string of the molecule is Cc1cc([C@@H](C)Nc2ccccc2C(=O)O)c2oc(-c3cccc(C#N)c3)cc(=O)c2c1. The minimum atomic E-state index is -1.03. The largest absolute Gasteiger partial charge is 0.478 e. The molecule has 0 fully saturated rings. The summed E-state index contributed by atoms with van der Waals surface area (Å²) in [5.74, 6) is -0.663. The number of hydrogen-bond acceptors (Lipinski definition) is 5. The van der Waals surface area contributed by atoms with E-state index in [1.165, 1.54) is 12.1 Å². The molecule has 4 rings (SSSR count). The lowest BCUT2D eigenvalue weighted by molar-refractivity contribution is 0.0698. The molecule has 0 radical (unpaired) electrons. The van der Waals surface area contributed by atoms with E-state index < -0.39 is 5.97 Å². The van der Waals surface area contributed by atoms with Gasteiger partial charge in [-0.25, -0.2) is 4.79 Å². The molecule has 0 aliphatic rings. The van der Waals surface area contributed by atoms with Crippen molar-refractivity contribution >= 4 is 22.6 Å². The van der Waals surface area contributed by atoms with Crippen LogP contribution in [0.5, 0.6) is 0 Å². The number of nitriles is 1.